The summed E-state index contributed by atoms with van der Waals surface area (Å²) < 4.78 is 4.78. The second-order valence-corrected chi connectivity index (χ2v) is 2.60. The third-order valence-corrected chi connectivity index (χ3v) is 1.87. The van der Waals surface area contributed by atoms with E-state index in [9.17, 15) is 15.0 Å². The number of hydrogen-bond donors (Lipinski definition) is 2. The van der Waals surface area contributed by atoms with E-state index in [4.69, 9.17) is 4.74 Å². The van der Waals surface area contributed by atoms with E-state index in [0.29, 0.717) is 11.8 Å². The monoisotopic (exact) mass is 182 g/mol. The van der Waals surface area contributed by atoms with Crippen LogP contribution in [0.4, 0.5) is 0 Å². The average molecular weight is 182 g/mol. The van der Waals surface area contributed by atoms with Gasteiger partial charge >= 0.3 is 0 Å². The number of benzene rings is 1. The summed E-state index contributed by atoms with van der Waals surface area (Å²) in [6, 6.07) is 1.20. The molecule has 0 saturated heterocycles. The van der Waals surface area contributed by atoms with Crippen molar-refractivity contribution in [3.63, 3.8) is 0 Å². The Bertz CT molecular complexity index is 344. The van der Waals surface area contributed by atoms with Gasteiger partial charge in [0.2, 0.25) is 0 Å². The Hall–Kier alpha value is -1.71. The largest absolute Gasteiger partial charge is 0.507 e. The Labute approximate surface area is 75.4 Å². The standard InChI is InChI=1S/C9H10O4/c1-5-6(4-10)7(11)3-8(13-2)9(5)12/h3-4,11-12H,1-2H3. The SMILES string of the molecule is COc1cc(O)c(C=O)c(C)c1O. The predicted octanol–water partition coefficient (Wildman–Crippen LogP) is 1.23. The highest BCUT2D eigenvalue weighted by Gasteiger charge is 2.13. The summed E-state index contributed by atoms with van der Waals surface area (Å²) in [5.41, 5.74) is 0.394. The second-order valence-electron chi connectivity index (χ2n) is 2.60. The molecule has 0 aliphatic heterocycles. The van der Waals surface area contributed by atoms with Crippen molar-refractivity contribution in [2.24, 2.45) is 0 Å². The Morgan fingerprint density at radius 2 is 2.08 bits per heavy atom. The van der Waals surface area contributed by atoms with Crippen LogP contribution in [0.15, 0.2) is 6.07 Å². The molecule has 70 valence electrons. The van der Waals surface area contributed by atoms with Gasteiger partial charge in [-0.1, -0.05) is 0 Å². The molecule has 1 rings (SSSR count). The first-order valence-corrected chi connectivity index (χ1v) is 3.66. The fraction of sp³-hybridized carbons (Fsp3) is 0.222. The Balaban J connectivity index is 3.45. The van der Waals surface area contributed by atoms with Crippen molar-refractivity contribution in [3.8, 4) is 17.2 Å². The molecule has 0 unspecified atom stereocenters. The summed E-state index contributed by atoms with van der Waals surface area (Å²) in [4.78, 5) is 10.5. The fourth-order valence-electron chi connectivity index (χ4n) is 1.08. The van der Waals surface area contributed by atoms with Gasteiger partial charge in [-0.15, -0.1) is 0 Å². The number of aromatic hydroxyl groups is 2. The number of hydrogen-bond acceptors (Lipinski definition) is 4. The van der Waals surface area contributed by atoms with Gasteiger partial charge in [0.25, 0.3) is 0 Å². The topological polar surface area (TPSA) is 66.8 Å². The summed E-state index contributed by atoms with van der Waals surface area (Å²) in [6.07, 6.45) is 0.490. The summed E-state index contributed by atoms with van der Waals surface area (Å²) in [5.74, 6) is -0.162. The number of ether oxygens (including phenoxy) is 1. The number of carbonyl (C=O) groups is 1. The van der Waals surface area contributed by atoms with Gasteiger partial charge in [0, 0.05) is 11.6 Å². The van der Waals surface area contributed by atoms with E-state index in [1.54, 1.807) is 0 Å². The number of carbonyl (C=O) groups excluding carboxylic acids is 1. The van der Waals surface area contributed by atoms with Gasteiger partial charge in [-0.05, 0) is 6.92 Å². The highest BCUT2D eigenvalue weighted by Crippen LogP contribution is 2.36. The van der Waals surface area contributed by atoms with Crippen molar-refractivity contribution in [2.75, 3.05) is 7.11 Å². The smallest absolute Gasteiger partial charge is 0.164 e. The molecule has 4 heteroatoms. The molecular formula is C9H10O4. The van der Waals surface area contributed by atoms with Crippen LogP contribution in [-0.2, 0) is 0 Å². The first kappa shape index (κ1) is 9.38. The van der Waals surface area contributed by atoms with E-state index in [2.05, 4.69) is 0 Å². The number of phenols is 2. The molecule has 0 bridgehead atoms. The van der Waals surface area contributed by atoms with Gasteiger partial charge < -0.3 is 14.9 Å². The maximum Gasteiger partial charge on any atom is 0.164 e. The normalized spacial score (nSPS) is 9.69. The molecule has 0 heterocycles. The van der Waals surface area contributed by atoms with Crippen LogP contribution in [0.5, 0.6) is 17.2 Å². The molecular weight excluding hydrogens is 172 g/mol. The zero-order valence-corrected chi connectivity index (χ0v) is 7.37. The average Bonchev–Trinajstić information content (AvgIpc) is 2.12. The van der Waals surface area contributed by atoms with Crippen molar-refractivity contribution < 1.29 is 19.7 Å². The van der Waals surface area contributed by atoms with Crippen LogP contribution in [0.1, 0.15) is 15.9 Å². The lowest BCUT2D eigenvalue weighted by Crippen LogP contribution is -1.92. The predicted molar refractivity (Wildman–Crippen MR) is 46.4 cm³/mol. The number of phenolic OH excluding ortho intramolecular Hbond substituents is 2. The summed E-state index contributed by atoms with van der Waals surface area (Å²) in [7, 11) is 1.37. The third-order valence-electron chi connectivity index (χ3n) is 1.87. The molecule has 0 aliphatic rings. The lowest BCUT2D eigenvalue weighted by atomic mass is 10.1. The Kier molecular flexibility index (Phi) is 2.41. The highest BCUT2D eigenvalue weighted by atomic mass is 16.5. The second kappa shape index (κ2) is 3.35. The van der Waals surface area contributed by atoms with E-state index >= 15 is 0 Å². The molecule has 0 atom stereocenters. The van der Waals surface area contributed by atoms with E-state index in [1.807, 2.05) is 0 Å². The lowest BCUT2D eigenvalue weighted by molar-refractivity contribution is 0.112. The zero-order valence-electron chi connectivity index (χ0n) is 7.37. The maximum absolute atomic E-state index is 10.5. The van der Waals surface area contributed by atoms with Crippen LogP contribution in [0, 0.1) is 6.92 Å². The molecule has 0 radical (unpaired) electrons. The minimum absolute atomic E-state index is 0.0818. The van der Waals surface area contributed by atoms with Gasteiger partial charge in [0.15, 0.2) is 17.8 Å². The summed E-state index contributed by atoms with van der Waals surface area (Å²) >= 11 is 0. The molecule has 13 heavy (non-hydrogen) atoms. The van der Waals surface area contributed by atoms with E-state index in [-0.39, 0.29) is 22.8 Å². The maximum atomic E-state index is 10.5. The quantitative estimate of drug-likeness (QED) is 0.533. The molecule has 0 amide bonds. The number of aldehydes is 1. The van der Waals surface area contributed by atoms with Gasteiger partial charge in [0.1, 0.15) is 5.75 Å². The van der Waals surface area contributed by atoms with Crippen LogP contribution in [0.3, 0.4) is 0 Å². The molecule has 0 saturated carbocycles. The molecule has 1 aromatic rings. The first-order valence-electron chi connectivity index (χ1n) is 3.66. The van der Waals surface area contributed by atoms with Crippen LogP contribution in [0.25, 0.3) is 0 Å². The minimum Gasteiger partial charge on any atom is -0.507 e. The highest BCUT2D eigenvalue weighted by molar-refractivity contribution is 5.83. The van der Waals surface area contributed by atoms with Crippen molar-refractivity contribution in [2.45, 2.75) is 6.92 Å². The number of methoxy groups -OCH3 is 1. The van der Waals surface area contributed by atoms with Crippen molar-refractivity contribution in [1.29, 1.82) is 0 Å². The van der Waals surface area contributed by atoms with Gasteiger partial charge in [-0.3, -0.25) is 4.79 Å². The summed E-state index contributed by atoms with van der Waals surface area (Å²) in [6.45, 7) is 1.53. The molecule has 4 nitrogen and oxygen atoms in total. The fourth-order valence-corrected chi connectivity index (χ4v) is 1.08. The van der Waals surface area contributed by atoms with Gasteiger partial charge in [-0.25, -0.2) is 0 Å². The van der Waals surface area contributed by atoms with Crippen LogP contribution in [0.2, 0.25) is 0 Å². The van der Waals surface area contributed by atoms with Crippen molar-refractivity contribution in [1.82, 2.24) is 0 Å². The molecule has 0 aliphatic carbocycles. The Morgan fingerprint density at radius 3 is 2.54 bits per heavy atom. The lowest BCUT2D eigenvalue weighted by Gasteiger charge is -2.09. The molecule has 0 aromatic heterocycles. The molecule has 0 spiro atoms. The first-order chi connectivity index (χ1) is 6.11. The minimum atomic E-state index is -0.192. The van der Waals surface area contributed by atoms with Crippen LogP contribution >= 0.6 is 0 Å². The molecule has 1 aromatic carbocycles. The van der Waals surface area contributed by atoms with E-state index in [1.165, 1.54) is 20.1 Å². The third kappa shape index (κ3) is 1.42. The van der Waals surface area contributed by atoms with Crippen LogP contribution < -0.4 is 4.74 Å². The molecule has 2 N–H and O–H groups in total. The van der Waals surface area contributed by atoms with Gasteiger partial charge in [-0.2, -0.15) is 0 Å². The Morgan fingerprint density at radius 1 is 1.46 bits per heavy atom. The van der Waals surface area contributed by atoms with E-state index in [0.717, 1.165) is 0 Å². The summed E-state index contributed by atoms with van der Waals surface area (Å²) in [5, 5.41) is 18.7. The zero-order chi connectivity index (χ0) is 10.0. The van der Waals surface area contributed by atoms with Crippen LogP contribution in [-0.4, -0.2) is 23.6 Å². The van der Waals surface area contributed by atoms with Crippen molar-refractivity contribution >= 4 is 6.29 Å². The van der Waals surface area contributed by atoms with Gasteiger partial charge in [0.05, 0.1) is 12.7 Å². The van der Waals surface area contributed by atoms with E-state index < -0.39 is 0 Å². The number of rotatable bonds is 2. The van der Waals surface area contributed by atoms with Crippen molar-refractivity contribution in [3.05, 3.63) is 17.2 Å². The molecule has 0 fully saturated rings.